The van der Waals surface area contributed by atoms with Crippen molar-refractivity contribution < 1.29 is 14.3 Å². The Bertz CT molecular complexity index is 1100. The summed E-state index contributed by atoms with van der Waals surface area (Å²) in [6.45, 7) is 2.43. The number of nitrogens with one attached hydrogen (secondary N) is 1. The van der Waals surface area contributed by atoms with Crippen LogP contribution in [0.4, 0.5) is 5.69 Å². The van der Waals surface area contributed by atoms with Gasteiger partial charge in [-0.05, 0) is 70.5 Å². The summed E-state index contributed by atoms with van der Waals surface area (Å²) >= 11 is 16.9. The Balaban J connectivity index is 1.89. The summed E-state index contributed by atoms with van der Waals surface area (Å²) in [6, 6.07) is 8.73. The van der Waals surface area contributed by atoms with E-state index in [1.807, 2.05) is 13.0 Å². The fourth-order valence-corrected chi connectivity index (χ4v) is 4.25. The molecule has 5 nitrogen and oxygen atoms in total. The SMILES string of the molecule is C#CCOc1c(Br)cc(/C=C2/SC(=Nc3cccc(Cl)c3Cl)NC2=O)cc1OCC. The number of rotatable bonds is 6. The summed E-state index contributed by atoms with van der Waals surface area (Å²) in [5, 5.41) is 3.86. The fraction of sp³-hybridized carbons (Fsp3) is 0.143. The maximum Gasteiger partial charge on any atom is 0.264 e. The van der Waals surface area contributed by atoms with Crippen molar-refractivity contribution in [3.05, 3.63) is 55.3 Å². The number of carbonyl (C=O) groups is 1. The van der Waals surface area contributed by atoms with E-state index in [9.17, 15) is 4.79 Å². The van der Waals surface area contributed by atoms with E-state index in [1.54, 1.807) is 30.3 Å². The van der Waals surface area contributed by atoms with E-state index < -0.39 is 0 Å². The molecule has 0 aromatic heterocycles. The molecule has 0 radical (unpaired) electrons. The normalized spacial score (nSPS) is 15.9. The van der Waals surface area contributed by atoms with Crippen LogP contribution in [0.15, 0.2) is 44.7 Å². The van der Waals surface area contributed by atoms with Crippen molar-refractivity contribution in [2.45, 2.75) is 6.92 Å². The van der Waals surface area contributed by atoms with Crippen LogP contribution in [0.2, 0.25) is 10.0 Å². The maximum atomic E-state index is 12.4. The molecule has 0 unspecified atom stereocenters. The second kappa shape index (κ2) is 10.3. The molecule has 0 saturated carbocycles. The monoisotopic (exact) mass is 524 g/mol. The Kier molecular flexibility index (Phi) is 7.73. The summed E-state index contributed by atoms with van der Waals surface area (Å²) in [4.78, 5) is 17.3. The summed E-state index contributed by atoms with van der Waals surface area (Å²) in [5.74, 6) is 3.20. The average Bonchev–Trinajstić information content (AvgIpc) is 3.04. The molecule has 2 aromatic carbocycles. The van der Waals surface area contributed by atoms with Gasteiger partial charge in [-0.1, -0.05) is 35.2 Å². The lowest BCUT2D eigenvalue weighted by Gasteiger charge is -2.13. The predicted molar refractivity (Wildman–Crippen MR) is 127 cm³/mol. The lowest BCUT2D eigenvalue weighted by molar-refractivity contribution is -0.115. The standard InChI is InChI=1S/C21H15BrCl2N2O3S/c1-3-8-29-19-13(22)9-12(10-16(19)28-4-2)11-17-20(27)26-21(30-17)25-15-7-5-6-14(23)18(15)24/h1,5-7,9-11H,4,8H2,2H3,(H,25,26,27)/b17-11+. The van der Waals surface area contributed by atoms with Crippen molar-refractivity contribution in [3.8, 4) is 23.8 Å². The number of amidine groups is 1. The lowest BCUT2D eigenvalue weighted by Crippen LogP contribution is -2.19. The second-order valence-corrected chi connectivity index (χ2v) is 8.48. The van der Waals surface area contributed by atoms with Crippen LogP contribution in [0, 0.1) is 12.3 Å². The highest BCUT2D eigenvalue weighted by Gasteiger charge is 2.24. The third-order valence-corrected chi connectivity index (χ3v) is 6.04. The van der Waals surface area contributed by atoms with Crippen LogP contribution < -0.4 is 14.8 Å². The molecule has 0 aliphatic carbocycles. The summed E-state index contributed by atoms with van der Waals surface area (Å²) in [5.41, 5.74) is 1.22. The van der Waals surface area contributed by atoms with E-state index in [0.717, 1.165) is 5.56 Å². The maximum absolute atomic E-state index is 12.4. The number of aliphatic imine (C=N–C) groups is 1. The molecular formula is C21H15BrCl2N2O3S. The Morgan fingerprint density at radius 2 is 2.13 bits per heavy atom. The quantitative estimate of drug-likeness (QED) is 0.368. The molecule has 2 aromatic rings. The number of ether oxygens (including phenoxy) is 2. The molecule has 0 spiro atoms. The van der Waals surface area contributed by atoms with Crippen molar-refractivity contribution in [2.24, 2.45) is 4.99 Å². The van der Waals surface area contributed by atoms with Crippen molar-refractivity contribution >= 4 is 73.7 Å². The van der Waals surface area contributed by atoms with Crippen molar-refractivity contribution in [1.82, 2.24) is 5.32 Å². The zero-order valence-corrected chi connectivity index (χ0v) is 19.6. The minimum atomic E-state index is -0.265. The molecule has 154 valence electrons. The van der Waals surface area contributed by atoms with Gasteiger partial charge in [0.15, 0.2) is 16.7 Å². The molecule has 30 heavy (non-hydrogen) atoms. The average molecular weight is 526 g/mol. The number of hydrogen-bond acceptors (Lipinski definition) is 5. The fourth-order valence-electron chi connectivity index (χ4n) is 2.51. The zero-order chi connectivity index (χ0) is 21.7. The molecule has 1 aliphatic heterocycles. The number of benzene rings is 2. The number of terminal acetylenes is 1. The van der Waals surface area contributed by atoms with Crippen LogP contribution in [-0.4, -0.2) is 24.3 Å². The van der Waals surface area contributed by atoms with Gasteiger partial charge in [-0.3, -0.25) is 4.79 Å². The molecule has 1 saturated heterocycles. The minimum absolute atomic E-state index is 0.114. The summed E-state index contributed by atoms with van der Waals surface area (Å²) in [7, 11) is 0. The first-order valence-electron chi connectivity index (χ1n) is 8.69. The van der Waals surface area contributed by atoms with Crippen molar-refractivity contribution in [1.29, 1.82) is 0 Å². The Labute approximate surface area is 197 Å². The van der Waals surface area contributed by atoms with Crippen LogP contribution in [0.1, 0.15) is 12.5 Å². The largest absolute Gasteiger partial charge is 0.490 e. The van der Waals surface area contributed by atoms with Gasteiger partial charge in [-0.25, -0.2) is 4.99 Å². The van der Waals surface area contributed by atoms with E-state index in [0.29, 0.717) is 48.4 Å². The van der Waals surface area contributed by atoms with E-state index in [1.165, 1.54) is 11.8 Å². The van der Waals surface area contributed by atoms with Gasteiger partial charge >= 0.3 is 0 Å². The molecule has 1 aliphatic rings. The highest BCUT2D eigenvalue weighted by molar-refractivity contribution is 9.10. The first-order valence-corrected chi connectivity index (χ1v) is 11.1. The number of carbonyl (C=O) groups excluding carboxylic acids is 1. The molecule has 3 rings (SSSR count). The smallest absolute Gasteiger partial charge is 0.264 e. The van der Waals surface area contributed by atoms with E-state index in [2.05, 4.69) is 32.2 Å². The molecule has 1 amide bonds. The minimum Gasteiger partial charge on any atom is -0.490 e. The molecular weight excluding hydrogens is 511 g/mol. The molecule has 0 atom stereocenters. The van der Waals surface area contributed by atoms with E-state index in [4.69, 9.17) is 39.1 Å². The summed E-state index contributed by atoms with van der Waals surface area (Å²) < 4.78 is 11.9. The van der Waals surface area contributed by atoms with Gasteiger partial charge < -0.3 is 14.8 Å². The van der Waals surface area contributed by atoms with Gasteiger partial charge in [0.05, 0.1) is 31.7 Å². The zero-order valence-electron chi connectivity index (χ0n) is 15.7. The molecule has 0 bridgehead atoms. The number of hydrogen-bond donors (Lipinski definition) is 1. The molecule has 1 fully saturated rings. The van der Waals surface area contributed by atoms with Gasteiger partial charge in [0.1, 0.15) is 6.61 Å². The van der Waals surface area contributed by atoms with Gasteiger partial charge in [0.2, 0.25) is 0 Å². The van der Waals surface area contributed by atoms with Crippen LogP contribution in [-0.2, 0) is 4.79 Å². The second-order valence-electron chi connectivity index (χ2n) is 5.81. The third-order valence-electron chi connectivity index (χ3n) is 3.73. The Morgan fingerprint density at radius 1 is 1.33 bits per heavy atom. The topological polar surface area (TPSA) is 59.9 Å². The first-order chi connectivity index (χ1) is 14.4. The lowest BCUT2D eigenvalue weighted by atomic mass is 10.2. The first kappa shape index (κ1) is 22.6. The summed E-state index contributed by atoms with van der Waals surface area (Å²) in [6.07, 6.45) is 7.01. The van der Waals surface area contributed by atoms with Crippen LogP contribution in [0.3, 0.4) is 0 Å². The van der Waals surface area contributed by atoms with E-state index in [-0.39, 0.29) is 12.5 Å². The van der Waals surface area contributed by atoms with Crippen LogP contribution in [0.25, 0.3) is 6.08 Å². The number of halogens is 3. The van der Waals surface area contributed by atoms with Crippen LogP contribution >= 0.6 is 50.9 Å². The highest BCUT2D eigenvalue weighted by atomic mass is 79.9. The third kappa shape index (κ3) is 5.32. The molecule has 1 heterocycles. The number of thioether (sulfide) groups is 1. The molecule has 1 N–H and O–H groups in total. The van der Waals surface area contributed by atoms with Crippen molar-refractivity contribution in [2.75, 3.05) is 13.2 Å². The predicted octanol–water partition coefficient (Wildman–Crippen LogP) is 6.06. The van der Waals surface area contributed by atoms with Crippen molar-refractivity contribution in [3.63, 3.8) is 0 Å². The van der Waals surface area contributed by atoms with Crippen LogP contribution in [0.5, 0.6) is 11.5 Å². The van der Waals surface area contributed by atoms with Gasteiger partial charge in [0, 0.05) is 0 Å². The van der Waals surface area contributed by atoms with Gasteiger partial charge in [0.25, 0.3) is 5.91 Å². The highest BCUT2D eigenvalue weighted by Crippen LogP contribution is 2.39. The Morgan fingerprint density at radius 3 is 2.87 bits per heavy atom. The van der Waals surface area contributed by atoms with E-state index >= 15 is 0 Å². The number of amides is 1. The molecule has 9 heteroatoms. The van der Waals surface area contributed by atoms with Gasteiger partial charge in [-0.2, -0.15) is 0 Å². The van der Waals surface area contributed by atoms with Gasteiger partial charge in [-0.15, -0.1) is 6.42 Å². The number of nitrogens with zero attached hydrogens (tertiary/aromatic N) is 1. The Hall–Kier alpha value is -2.11.